The van der Waals surface area contributed by atoms with Crippen LogP contribution in [0.3, 0.4) is 0 Å². The number of nitro groups is 1. The molecule has 0 fully saturated rings. The fraction of sp³-hybridized carbons (Fsp3) is 0.400. The minimum Gasteiger partial charge on any atom is -0.507 e. The van der Waals surface area contributed by atoms with Crippen LogP contribution in [0, 0.1) is 10.1 Å². The number of nitro benzene ring substituents is 1. The highest BCUT2D eigenvalue weighted by molar-refractivity contribution is 9.10. The van der Waals surface area contributed by atoms with Crippen molar-refractivity contribution in [1.82, 2.24) is 0 Å². The van der Waals surface area contributed by atoms with Gasteiger partial charge < -0.3 is 5.11 Å². The summed E-state index contributed by atoms with van der Waals surface area (Å²) in [6.07, 6.45) is 2.71. The Hall–Kier alpha value is -1.10. The molecule has 0 bridgehead atoms. The summed E-state index contributed by atoms with van der Waals surface area (Å²) in [5, 5.41) is 20.1. The van der Waals surface area contributed by atoms with Gasteiger partial charge in [-0.3, -0.25) is 10.1 Å². The van der Waals surface area contributed by atoms with E-state index in [2.05, 4.69) is 22.9 Å². The lowest BCUT2D eigenvalue weighted by Gasteiger charge is -2.04. The van der Waals surface area contributed by atoms with Crippen LogP contribution in [0.5, 0.6) is 5.75 Å². The van der Waals surface area contributed by atoms with Crippen LogP contribution in [0.25, 0.3) is 0 Å². The van der Waals surface area contributed by atoms with Crippen molar-refractivity contribution in [2.24, 2.45) is 0 Å². The Morgan fingerprint density at radius 3 is 2.73 bits per heavy atom. The molecule has 4 nitrogen and oxygen atoms in total. The molecule has 0 aliphatic heterocycles. The lowest BCUT2D eigenvalue weighted by molar-refractivity contribution is -0.385. The minimum atomic E-state index is -0.520. The van der Waals surface area contributed by atoms with Gasteiger partial charge in [0.2, 0.25) is 0 Å². The fourth-order valence-corrected chi connectivity index (χ4v) is 1.83. The first-order valence-electron chi connectivity index (χ1n) is 4.72. The molecule has 0 spiro atoms. The van der Waals surface area contributed by atoms with Crippen molar-refractivity contribution in [3.05, 3.63) is 32.3 Å². The zero-order valence-corrected chi connectivity index (χ0v) is 9.95. The molecular formula is C10H12BrNO3. The zero-order valence-electron chi connectivity index (χ0n) is 8.36. The molecule has 0 saturated heterocycles. The second-order valence-corrected chi connectivity index (χ2v) is 4.15. The molecular weight excluding hydrogens is 262 g/mol. The molecule has 1 aromatic carbocycles. The van der Waals surface area contributed by atoms with Gasteiger partial charge in [0.25, 0.3) is 5.69 Å². The Bertz CT molecular complexity index is 379. The number of aromatic hydroxyl groups is 1. The van der Waals surface area contributed by atoms with Crippen LogP contribution < -0.4 is 0 Å². The predicted octanol–water partition coefficient (Wildman–Crippen LogP) is 3.41. The Morgan fingerprint density at radius 2 is 2.20 bits per heavy atom. The summed E-state index contributed by atoms with van der Waals surface area (Å²) in [4.78, 5) is 10.0. The third-order valence-corrected chi connectivity index (χ3v) is 2.78. The second-order valence-electron chi connectivity index (χ2n) is 3.29. The van der Waals surface area contributed by atoms with Crippen LogP contribution >= 0.6 is 15.9 Å². The Labute approximate surface area is 96.2 Å². The maximum atomic E-state index is 10.6. The molecule has 0 aliphatic carbocycles. The lowest BCUT2D eigenvalue weighted by Crippen LogP contribution is -1.92. The van der Waals surface area contributed by atoms with Crippen LogP contribution in [-0.4, -0.2) is 10.0 Å². The molecule has 0 radical (unpaired) electrons. The normalized spacial score (nSPS) is 10.3. The molecule has 0 amide bonds. The fourth-order valence-electron chi connectivity index (χ4n) is 1.30. The van der Waals surface area contributed by atoms with E-state index in [1.165, 1.54) is 6.07 Å². The molecule has 0 aliphatic rings. The quantitative estimate of drug-likeness (QED) is 0.676. The van der Waals surface area contributed by atoms with E-state index in [0.29, 0.717) is 4.47 Å². The molecule has 82 valence electrons. The first kappa shape index (κ1) is 12.0. The number of benzene rings is 1. The van der Waals surface area contributed by atoms with Crippen molar-refractivity contribution in [3.63, 3.8) is 0 Å². The molecule has 0 heterocycles. The lowest BCUT2D eigenvalue weighted by atomic mass is 10.1. The summed E-state index contributed by atoms with van der Waals surface area (Å²) >= 11 is 3.12. The molecule has 0 atom stereocenters. The molecule has 1 aromatic rings. The summed E-state index contributed by atoms with van der Waals surface area (Å²) in [7, 11) is 0. The second kappa shape index (κ2) is 5.11. The van der Waals surface area contributed by atoms with Crippen LogP contribution in [-0.2, 0) is 6.42 Å². The van der Waals surface area contributed by atoms with Gasteiger partial charge in [0.05, 0.1) is 15.5 Å². The van der Waals surface area contributed by atoms with Gasteiger partial charge >= 0.3 is 0 Å². The highest BCUT2D eigenvalue weighted by atomic mass is 79.9. The van der Waals surface area contributed by atoms with E-state index in [0.717, 1.165) is 24.8 Å². The largest absolute Gasteiger partial charge is 0.507 e. The highest BCUT2D eigenvalue weighted by Gasteiger charge is 2.15. The molecule has 15 heavy (non-hydrogen) atoms. The van der Waals surface area contributed by atoms with Gasteiger partial charge in [-0.1, -0.05) is 13.3 Å². The van der Waals surface area contributed by atoms with Crippen molar-refractivity contribution in [2.45, 2.75) is 26.2 Å². The van der Waals surface area contributed by atoms with Crippen molar-refractivity contribution < 1.29 is 10.0 Å². The van der Waals surface area contributed by atoms with Crippen molar-refractivity contribution in [2.75, 3.05) is 0 Å². The summed E-state index contributed by atoms with van der Waals surface area (Å²) in [5.41, 5.74) is 0.641. The van der Waals surface area contributed by atoms with Crippen LogP contribution in [0.1, 0.15) is 25.3 Å². The SMILES string of the molecule is CCCCc1cc(Br)c([N+](=O)[O-])cc1O. The van der Waals surface area contributed by atoms with Crippen molar-refractivity contribution >= 4 is 21.6 Å². The summed E-state index contributed by atoms with van der Waals surface area (Å²) in [6, 6.07) is 2.80. The van der Waals surface area contributed by atoms with Gasteiger partial charge in [0.1, 0.15) is 5.75 Å². The van der Waals surface area contributed by atoms with Crippen LogP contribution in [0.4, 0.5) is 5.69 Å². The van der Waals surface area contributed by atoms with E-state index in [4.69, 9.17) is 0 Å². The van der Waals surface area contributed by atoms with Crippen LogP contribution in [0.15, 0.2) is 16.6 Å². The molecule has 5 heteroatoms. The number of hydrogen-bond acceptors (Lipinski definition) is 3. The number of halogens is 1. The Balaban J connectivity index is 3.02. The van der Waals surface area contributed by atoms with Gasteiger partial charge in [-0.2, -0.15) is 0 Å². The number of rotatable bonds is 4. The zero-order chi connectivity index (χ0) is 11.4. The van der Waals surface area contributed by atoms with Gasteiger partial charge in [-0.15, -0.1) is 0 Å². The standard InChI is InChI=1S/C10H12BrNO3/c1-2-3-4-7-5-8(11)9(12(14)15)6-10(7)13/h5-6,13H,2-4H2,1H3. The van der Waals surface area contributed by atoms with Gasteiger partial charge in [-0.05, 0) is 40.4 Å². The first-order valence-corrected chi connectivity index (χ1v) is 5.51. The number of phenolic OH excluding ortho intramolecular Hbond substituents is 1. The van der Waals surface area contributed by atoms with Crippen molar-refractivity contribution in [3.8, 4) is 5.75 Å². The number of hydrogen-bond donors (Lipinski definition) is 1. The number of aryl methyl sites for hydroxylation is 1. The van der Waals surface area contributed by atoms with Crippen molar-refractivity contribution in [1.29, 1.82) is 0 Å². The number of phenols is 1. The van der Waals surface area contributed by atoms with E-state index < -0.39 is 4.92 Å². The first-order chi connectivity index (χ1) is 7.06. The summed E-state index contributed by atoms with van der Waals surface area (Å²) < 4.78 is 0.413. The van der Waals surface area contributed by atoms with Gasteiger partial charge in [0.15, 0.2) is 0 Å². The summed E-state index contributed by atoms with van der Waals surface area (Å²) in [5.74, 6) is -0.00153. The minimum absolute atomic E-state index is 0.00153. The van der Waals surface area contributed by atoms with Crippen LogP contribution in [0.2, 0.25) is 0 Å². The maximum absolute atomic E-state index is 10.6. The molecule has 1 rings (SSSR count). The molecule has 1 N–H and O–H groups in total. The number of unbranched alkanes of at least 4 members (excludes halogenated alkanes) is 1. The highest BCUT2D eigenvalue weighted by Crippen LogP contribution is 2.32. The van der Waals surface area contributed by atoms with Gasteiger partial charge in [0, 0.05) is 0 Å². The maximum Gasteiger partial charge on any atom is 0.287 e. The van der Waals surface area contributed by atoms with E-state index in [1.807, 2.05) is 0 Å². The topological polar surface area (TPSA) is 63.4 Å². The third kappa shape index (κ3) is 2.92. The molecule has 0 unspecified atom stereocenters. The Kier molecular flexibility index (Phi) is 4.08. The molecule has 0 saturated carbocycles. The number of nitrogens with zero attached hydrogens (tertiary/aromatic N) is 1. The Morgan fingerprint density at radius 1 is 1.53 bits per heavy atom. The van der Waals surface area contributed by atoms with Gasteiger partial charge in [-0.25, -0.2) is 0 Å². The predicted molar refractivity (Wildman–Crippen MR) is 61.1 cm³/mol. The summed E-state index contributed by atoms with van der Waals surface area (Å²) in [6.45, 7) is 2.05. The van der Waals surface area contributed by atoms with E-state index in [9.17, 15) is 15.2 Å². The average molecular weight is 274 g/mol. The van der Waals surface area contributed by atoms with E-state index in [1.54, 1.807) is 6.07 Å². The molecule has 0 aromatic heterocycles. The average Bonchev–Trinajstić information content (AvgIpc) is 2.18. The van der Waals surface area contributed by atoms with E-state index in [-0.39, 0.29) is 11.4 Å². The van der Waals surface area contributed by atoms with E-state index >= 15 is 0 Å². The monoisotopic (exact) mass is 273 g/mol. The smallest absolute Gasteiger partial charge is 0.287 e. The third-order valence-electron chi connectivity index (χ3n) is 2.14.